The van der Waals surface area contributed by atoms with Crippen LogP contribution in [0.15, 0.2) is 54.6 Å². The second-order valence-corrected chi connectivity index (χ2v) is 3.69. The molecule has 2 rings (SSSR count). The summed E-state index contributed by atoms with van der Waals surface area (Å²) < 4.78 is 0. The van der Waals surface area contributed by atoms with Gasteiger partial charge in [-0.15, -0.1) is 0 Å². The van der Waals surface area contributed by atoms with Gasteiger partial charge < -0.3 is 10.5 Å². The quantitative estimate of drug-likeness (QED) is 0.626. The average molecular weight is 211 g/mol. The third-order valence-electron chi connectivity index (χ3n) is 2.59. The van der Waals surface area contributed by atoms with Gasteiger partial charge in [0.25, 0.3) is 0 Å². The molecule has 0 spiro atoms. The molecule has 0 bridgehead atoms. The van der Waals surface area contributed by atoms with Crippen LogP contribution < -0.4 is 5.73 Å². The van der Waals surface area contributed by atoms with Gasteiger partial charge in [-0.05, 0) is 23.3 Å². The summed E-state index contributed by atoms with van der Waals surface area (Å²) >= 11 is 0. The van der Waals surface area contributed by atoms with E-state index in [-0.39, 0.29) is 5.92 Å². The van der Waals surface area contributed by atoms with Gasteiger partial charge in [-0.1, -0.05) is 42.5 Å². The number of benzene rings is 2. The summed E-state index contributed by atoms with van der Waals surface area (Å²) in [5.74, 6) is -0.207. The van der Waals surface area contributed by atoms with Crippen molar-refractivity contribution in [1.82, 2.24) is 0 Å². The zero-order valence-electron chi connectivity index (χ0n) is 8.84. The number of anilines is 1. The molecule has 2 heteroatoms. The molecule has 80 valence electrons. The number of nitrogen functional groups attached to an aromatic ring is 1. The number of carbonyl (C=O) groups excluding carboxylic acids is 1. The molecular formula is C14H13NO. The van der Waals surface area contributed by atoms with Gasteiger partial charge in [-0.3, -0.25) is 0 Å². The topological polar surface area (TPSA) is 43.1 Å². The van der Waals surface area contributed by atoms with Crippen LogP contribution in [0.25, 0.3) is 0 Å². The van der Waals surface area contributed by atoms with Gasteiger partial charge >= 0.3 is 0 Å². The average Bonchev–Trinajstić information content (AvgIpc) is 2.34. The van der Waals surface area contributed by atoms with Gasteiger partial charge in [0.1, 0.15) is 6.29 Å². The van der Waals surface area contributed by atoms with Gasteiger partial charge in [0.05, 0.1) is 5.92 Å². The minimum absolute atomic E-state index is 0.207. The van der Waals surface area contributed by atoms with Crippen molar-refractivity contribution in [2.24, 2.45) is 0 Å². The zero-order valence-corrected chi connectivity index (χ0v) is 8.84. The normalized spacial score (nSPS) is 12.0. The molecule has 0 aromatic heterocycles. The van der Waals surface area contributed by atoms with E-state index in [1.54, 1.807) is 0 Å². The van der Waals surface area contributed by atoms with Crippen LogP contribution >= 0.6 is 0 Å². The van der Waals surface area contributed by atoms with Crippen molar-refractivity contribution >= 4 is 12.0 Å². The molecule has 0 fully saturated rings. The first kappa shape index (κ1) is 10.4. The fourth-order valence-electron chi connectivity index (χ4n) is 1.71. The molecular weight excluding hydrogens is 198 g/mol. The van der Waals surface area contributed by atoms with Crippen molar-refractivity contribution in [3.05, 3.63) is 65.7 Å². The maximum absolute atomic E-state index is 11.2. The zero-order chi connectivity index (χ0) is 11.4. The lowest BCUT2D eigenvalue weighted by Crippen LogP contribution is -2.02. The van der Waals surface area contributed by atoms with E-state index < -0.39 is 0 Å². The van der Waals surface area contributed by atoms with E-state index in [1.165, 1.54) is 0 Å². The molecule has 0 saturated carbocycles. The summed E-state index contributed by atoms with van der Waals surface area (Å²) in [6.45, 7) is 0. The van der Waals surface area contributed by atoms with Crippen molar-refractivity contribution in [2.75, 3.05) is 5.73 Å². The van der Waals surface area contributed by atoms with Crippen LogP contribution in [0.2, 0.25) is 0 Å². The van der Waals surface area contributed by atoms with Gasteiger partial charge in [0.2, 0.25) is 0 Å². The minimum Gasteiger partial charge on any atom is -0.399 e. The Labute approximate surface area is 94.7 Å². The Morgan fingerprint density at radius 3 is 2.00 bits per heavy atom. The second kappa shape index (κ2) is 4.62. The highest BCUT2D eigenvalue weighted by atomic mass is 16.1. The van der Waals surface area contributed by atoms with Crippen LogP contribution in [0.5, 0.6) is 0 Å². The van der Waals surface area contributed by atoms with Gasteiger partial charge in [0.15, 0.2) is 0 Å². The lowest BCUT2D eigenvalue weighted by Gasteiger charge is -2.11. The van der Waals surface area contributed by atoms with Gasteiger partial charge in [-0.2, -0.15) is 0 Å². The summed E-state index contributed by atoms with van der Waals surface area (Å²) in [5.41, 5.74) is 8.30. The molecule has 0 heterocycles. The smallest absolute Gasteiger partial charge is 0.131 e. The van der Waals surface area contributed by atoms with Crippen LogP contribution in [-0.2, 0) is 4.79 Å². The molecule has 2 aromatic carbocycles. The molecule has 0 aliphatic rings. The molecule has 0 aliphatic heterocycles. The summed E-state index contributed by atoms with van der Waals surface area (Å²) in [6.07, 6.45) is 0.959. The molecule has 0 amide bonds. The Hall–Kier alpha value is -2.09. The van der Waals surface area contributed by atoms with Crippen LogP contribution in [0.4, 0.5) is 5.69 Å². The first-order valence-corrected chi connectivity index (χ1v) is 5.17. The van der Waals surface area contributed by atoms with Crippen molar-refractivity contribution in [3.63, 3.8) is 0 Å². The van der Waals surface area contributed by atoms with Crippen molar-refractivity contribution in [3.8, 4) is 0 Å². The van der Waals surface area contributed by atoms with Crippen molar-refractivity contribution in [1.29, 1.82) is 0 Å². The molecule has 0 radical (unpaired) electrons. The third kappa shape index (κ3) is 2.11. The Kier molecular flexibility index (Phi) is 3.01. The Morgan fingerprint density at radius 1 is 0.875 bits per heavy atom. The summed E-state index contributed by atoms with van der Waals surface area (Å²) in [6, 6.07) is 17.1. The van der Waals surface area contributed by atoms with Crippen molar-refractivity contribution in [2.45, 2.75) is 5.92 Å². The largest absolute Gasteiger partial charge is 0.399 e. The van der Waals surface area contributed by atoms with E-state index in [9.17, 15) is 4.79 Å². The second-order valence-electron chi connectivity index (χ2n) is 3.69. The Morgan fingerprint density at radius 2 is 1.44 bits per heavy atom. The number of nitrogens with two attached hydrogens (primary N) is 1. The van der Waals surface area contributed by atoms with E-state index in [0.717, 1.165) is 17.4 Å². The Balaban J connectivity index is 2.37. The first-order valence-electron chi connectivity index (χ1n) is 5.17. The number of hydrogen-bond donors (Lipinski definition) is 1. The fraction of sp³-hybridized carbons (Fsp3) is 0.0714. The highest BCUT2D eigenvalue weighted by molar-refractivity contribution is 5.68. The van der Waals surface area contributed by atoms with Crippen LogP contribution in [0.3, 0.4) is 0 Å². The predicted molar refractivity (Wildman–Crippen MR) is 65.2 cm³/mol. The lowest BCUT2D eigenvalue weighted by atomic mass is 9.93. The minimum atomic E-state index is -0.207. The van der Waals surface area contributed by atoms with E-state index in [2.05, 4.69) is 0 Å². The Bertz CT molecular complexity index is 462. The number of rotatable bonds is 3. The molecule has 0 aliphatic carbocycles. The SMILES string of the molecule is Nc1ccc(C(C=O)c2ccccc2)cc1. The van der Waals surface area contributed by atoms with Crippen LogP contribution in [0.1, 0.15) is 17.0 Å². The molecule has 1 unspecified atom stereocenters. The molecule has 2 aromatic rings. The van der Waals surface area contributed by atoms with Gasteiger partial charge in [-0.25, -0.2) is 0 Å². The summed E-state index contributed by atoms with van der Waals surface area (Å²) in [5, 5.41) is 0. The highest BCUT2D eigenvalue weighted by Crippen LogP contribution is 2.22. The molecule has 2 nitrogen and oxygen atoms in total. The first-order chi connectivity index (χ1) is 7.81. The standard InChI is InChI=1S/C14H13NO/c15-13-8-6-12(7-9-13)14(10-16)11-4-2-1-3-5-11/h1-10,14H,15H2. The molecule has 16 heavy (non-hydrogen) atoms. The van der Waals surface area contributed by atoms with Crippen LogP contribution in [-0.4, -0.2) is 6.29 Å². The lowest BCUT2D eigenvalue weighted by molar-refractivity contribution is -0.108. The number of aldehydes is 1. The van der Waals surface area contributed by atoms with E-state index in [4.69, 9.17) is 5.73 Å². The summed E-state index contributed by atoms with van der Waals surface area (Å²) in [4.78, 5) is 11.2. The predicted octanol–water partition coefficient (Wildman–Crippen LogP) is 2.60. The summed E-state index contributed by atoms with van der Waals surface area (Å²) in [7, 11) is 0. The van der Waals surface area contributed by atoms with E-state index in [0.29, 0.717) is 5.69 Å². The highest BCUT2D eigenvalue weighted by Gasteiger charge is 2.11. The van der Waals surface area contributed by atoms with Crippen molar-refractivity contribution < 1.29 is 4.79 Å². The maximum atomic E-state index is 11.2. The van der Waals surface area contributed by atoms with E-state index in [1.807, 2.05) is 54.6 Å². The third-order valence-corrected chi connectivity index (χ3v) is 2.59. The number of carbonyl (C=O) groups is 1. The monoisotopic (exact) mass is 211 g/mol. The molecule has 1 atom stereocenters. The fourth-order valence-corrected chi connectivity index (χ4v) is 1.71. The number of hydrogen-bond acceptors (Lipinski definition) is 2. The molecule has 2 N–H and O–H groups in total. The molecule has 0 saturated heterocycles. The van der Waals surface area contributed by atoms with Gasteiger partial charge in [0, 0.05) is 5.69 Å². The maximum Gasteiger partial charge on any atom is 0.131 e. The van der Waals surface area contributed by atoms with E-state index >= 15 is 0 Å². The van der Waals surface area contributed by atoms with Crippen LogP contribution in [0, 0.1) is 0 Å².